The van der Waals surface area contributed by atoms with Crippen LogP contribution in [0.1, 0.15) is 11.3 Å². The third-order valence-corrected chi connectivity index (χ3v) is 2.99. The van der Waals surface area contributed by atoms with E-state index in [-0.39, 0.29) is 5.75 Å². The van der Waals surface area contributed by atoms with Crippen molar-refractivity contribution in [1.29, 1.82) is 0 Å². The molecular weight excluding hydrogens is 212 g/mol. The van der Waals surface area contributed by atoms with Crippen LogP contribution in [0.25, 0.3) is 4.85 Å². The fraction of sp³-hybridized carbons (Fsp3) is 0.400. The van der Waals surface area contributed by atoms with Gasteiger partial charge in [0.1, 0.15) is 9.84 Å². The van der Waals surface area contributed by atoms with Gasteiger partial charge in [-0.15, -0.1) is 0 Å². The van der Waals surface area contributed by atoms with Gasteiger partial charge in [0, 0.05) is 18.1 Å². The average Bonchev–Trinajstić information content (AvgIpc) is 2.15. The lowest BCUT2D eigenvalue weighted by atomic mass is 10.1. The smallest absolute Gasteiger partial charge is 0.205 e. The number of hydrogen-bond donors (Lipinski definition) is 0. The van der Waals surface area contributed by atoms with Crippen LogP contribution in [-0.4, -0.2) is 25.4 Å². The van der Waals surface area contributed by atoms with E-state index in [1.807, 2.05) is 6.92 Å². The van der Waals surface area contributed by atoms with Crippen molar-refractivity contribution in [1.82, 2.24) is 4.98 Å². The molecule has 0 spiro atoms. The van der Waals surface area contributed by atoms with Crippen LogP contribution >= 0.6 is 0 Å². The summed E-state index contributed by atoms with van der Waals surface area (Å²) in [7, 11) is -2.96. The van der Waals surface area contributed by atoms with E-state index in [0.717, 1.165) is 11.3 Å². The topological polar surface area (TPSA) is 51.4 Å². The second-order valence-electron chi connectivity index (χ2n) is 3.43. The standard InChI is InChI=1S/C10H12N2O2S/c1-8-9(4-5-15(3,13)14)6-10(11-2)7-12-8/h6-7H,4-5H2,1,3H3. The average molecular weight is 224 g/mol. The van der Waals surface area contributed by atoms with E-state index in [0.29, 0.717) is 12.1 Å². The van der Waals surface area contributed by atoms with Crippen LogP contribution in [0.4, 0.5) is 5.69 Å². The molecule has 1 heterocycles. The van der Waals surface area contributed by atoms with E-state index in [9.17, 15) is 8.42 Å². The SMILES string of the molecule is [C-]#[N+]c1cnc(C)c(CCS(C)(=O)=O)c1. The molecule has 0 saturated heterocycles. The number of hydrogen-bond acceptors (Lipinski definition) is 3. The van der Waals surface area contributed by atoms with Gasteiger partial charge in [-0.1, -0.05) is 0 Å². The Hall–Kier alpha value is -1.41. The molecule has 0 amide bonds. The van der Waals surface area contributed by atoms with E-state index in [1.54, 1.807) is 6.07 Å². The zero-order valence-corrected chi connectivity index (χ0v) is 9.50. The Labute approximate surface area is 89.7 Å². The molecule has 1 aromatic heterocycles. The van der Waals surface area contributed by atoms with Crippen molar-refractivity contribution >= 4 is 15.5 Å². The highest BCUT2D eigenvalue weighted by Crippen LogP contribution is 2.16. The maximum atomic E-state index is 11.0. The molecule has 0 N–H and O–H groups in total. The molecule has 0 unspecified atom stereocenters. The molecule has 0 atom stereocenters. The van der Waals surface area contributed by atoms with Gasteiger partial charge in [0.05, 0.1) is 12.3 Å². The molecule has 0 bridgehead atoms. The van der Waals surface area contributed by atoms with Crippen LogP contribution in [0.5, 0.6) is 0 Å². The number of rotatable bonds is 3. The van der Waals surface area contributed by atoms with Gasteiger partial charge in [-0.3, -0.25) is 4.98 Å². The van der Waals surface area contributed by atoms with E-state index in [1.165, 1.54) is 12.5 Å². The third-order valence-electron chi connectivity index (χ3n) is 2.05. The molecule has 0 aliphatic carbocycles. The number of sulfone groups is 1. The van der Waals surface area contributed by atoms with Crippen LogP contribution < -0.4 is 0 Å². The fourth-order valence-corrected chi connectivity index (χ4v) is 1.77. The van der Waals surface area contributed by atoms with Crippen LogP contribution in [0, 0.1) is 13.5 Å². The van der Waals surface area contributed by atoms with Crippen molar-refractivity contribution in [2.24, 2.45) is 0 Å². The first-order chi connectivity index (χ1) is 6.92. The Balaban J connectivity index is 2.90. The monoisotopic (exact) mass is 224 g/mol. The first-order valence-corrected chi connectivity index (χ1v) is 6.49. The molecule has 0 fully saturated rings. The van der Waals surface area contributed by atoms with E-state index >= 15 is 0 Å². The van der Waals surface area contributed by atoms with Gasteiger partial charge in [-0.25, -0.2) is 13.3 Å². The van der Waals surface area contributed by atoms with Gasteiger partial charge in [0.25, 0.3) is 0 Å². The van der Waals surface area contributed by atoms with Crippen LogP contribution in [0.2, 0.25) is 0 Å². The van der Waals surface area contributed by atoms with Crippen LogP contribution in [0.15, 0.2) is 12.3 Å². The minimum atomic E-state index is -2.96. The summed E-state index contributed by atoms with van der Waals surface area (Å²) >= 11 is 0. The van der Waals surface area contributed by atoms with Gasteiger partial charge < -0.3 is 0 Å². The summed E-state index contributed by atoms with van der Waals surface area (Å²) in [6, 6.07) is 1.69. The third kappa shape index (κ3) is 3.68. The lowest BCUT2D eigenvalue weighted by Crippen LogP contribution is -2.07. The largest absolute Gasteiger partial charge is 0.273 e. The number of nitrogens with zero attached hydrogens (tertiary/aromatic N) is 2. The van der Waals surface area contributed by atoms with E-state index < -0.39 is 9.84 Å². The Morgan fingerprint density at radius 3 is 2.73 bits per heavy atom. The first-order valence-electron chi connectivity index (χ1n) is 4.43. The summed E-state index contributed by atoms with van der Waals surface area (Å²) in [6.45, 7) is 8.64. The Kier molecular flexibility index (Phi) is 3.43. The number of aryl methyl sites for hydroxylation is 2. The highest BCUT2D eigenvalue weighted by atomic mass is 32.2. The molecule has 5 heteroatoms. The Bertz CT molecular complexity index is 501. The molecule has 0 radical (unpaired) electrons. The molecule has 1 rings (SSSR count). The van der Waals surface area contributed by atoms with Crippen LogP contribution in [-0.2, 0) is 16.3 Å². The highest BCUT2D eigenvalue weighted by molar-refractivity contribution is 7.90. The second kappa shape index (κ2) is 4.41. The van der Waals surface area contributed by atoms with Crippen molar-refractivity contribution in [3.05, 3.63) is 34.9 Å². The summed E-state index contributed by atoms with van der Waals surface area (Å²) in [5, 5.41) is 0. The number of aromatic nitrogens is 1. The molecule has 80 valence electrons. The lowest BCUT2D eigenvalue weighted by Gasteiger charge is -2.04. The van der Waals surface area contributed by atoms with Crippen molar-refractivity contribution in [3.8, 4) is 0 Å². The Morgan fingerprint density at radius 1 is 1.53 bits per heavy atom. The van der Waals surface area contributed by atoms with Crippen molar-refractivity contribution < 1.29 is 8.42 Å². The van der Waals surface area contributed by atoms with Gasteiger partial charge in [0.15, 0.2) is 0 Å². The van der Waals surface area contributed by atoms with Gasteiger partial charge >= 0.3 is 0 Å². The van der Waals surface area contributed by atoms with Crippen LogP contribution in [0.3, 0.4) is 0 Å². The van der Waals surface area contributed by atoms with E-state index in [2.05, 4.69) is 9.83 Å². The maximum Gasteiger partial charge on any atom is 0.205 e. The zero-order valence-electron chi connectivity index (χ0n) is 8.69. The van der Waals surface area contributed by atoms with Gasteiger partial charge in [-0.2, -0.15) is 0 Å². The summed E-state index contributed by atoms with van der Waals surface area (Å²) in [6.07, 6.45) is 3.11. The maximum absolute atomic E-state index is 11.0. The molecule has 0 saturated carbocycles. The minimum Gasteiger partial charge on any atom is -0.273 e. The first kappa shape index (κ1) is 11.7. The molecule has 0 aliphatic heterocycles. The lowest BCUT2D eigenvalue weighted by molar-refractivity contribution is 0.601. The summed E-state index contributed by atoms with van der Waals surface area (Å²) in [5.41, 5.74) is 2.06. The predicted octanol–water partition coefficient (Wildman–Crippen LogP) is 1.53. The van der Waals surface area contributed by atoms with Crippen molar-refractivity contribution in [2.75, 3.05) is 12.0 Å². The molecule has 4 nitrogen and oxygen atoms in total. The summed E-state index contributed by atoms with van der Waals surface area (Å²) in [4.78, 5) is 7.30. The normalized spacial score (nSPS) is 11.0. The molecule has 0 aromatic carbocycles. The molecule has 0 aliphatic rings. The molecule has 15 heavy (non-hydrogen) atoms. The summed E-state index contributed by atoms with van der Waals surface area (Å²) in [5.74, 6) is 0.0942. The minimum absolute atomic E-state index is 0.0942. The zero-order chi connectivity index (χ0) is 11.5. The molecular formula is C10H12N2O2S. The van der Waals surface area contributed by atoms with E-state index in [4.69, 9.17) is 6.57 Å². The predicted molar refractivity (Wildman–Crippen MR) is 58.7 cm³/mol. The van der Waals surface area contributed by atoms with Crippen molar-refractivity contribution in [2.45, 2.75) is 13.3 Å². The van der Waals surface area contributed by atoms with Gasteiger partial charge in [-0.05, 0) is 25.0 Å². The number of pyridine rings is 1. The highest BCUT2D eigenvalue weighted by Gasteiger charge is 2.06. The second-order valence-corrected chi connectivity index (χ2v) is 5.69. The molecule has 1 aromatic rings. The van der Waals surface area contributed by atoms with Gasteiger partial charge in [0.2, 0.25) is 5.69 Å². The quantitative estimate of drug-likeness (QED) is 0.731. The van der Waals surface area contributed by atoms with Crippen molar-refractivity contribution in [3.63, 3.8) is 0 Å². The summed E-state index contributed by atoms with van der Waals surface area (Å²) < 4.78 is 22.0. The Morgan fingerprint density at radius 2 is 2.20 bits per heavy atom. The fourth-order valence-electron chi connectivity index (χ4n) is 1.18.